The zero-order valence-corrected chi connectivity index (χ0v) is 19.5. The van der Waals surface area contributed by atoms with E-state index < -0.39 is 0 Å². The molecule has 2 aromatic carbocycles. The number of nitrogens with zero attached hydrogens (tertiary/aromatic N) is 3. The van der Waals surface area contributed by atoms with Crippen LogP contribution >= 0.6 is 11.3 Å². The Kier molecular flexibility index (Phi) is 6.97. The molecule has 4 aromatic rings. The first-order chi connectivity index (χ1) is 16.7. The summed E-state index contributed by atoms with van der Waals surface area (Å²) in [7, 11) is 0. The third-order valence-corrected chi connectivity index (χ3v) is 6.68. The molecule has 8 heteroatoms. The number of carbonyl (C=O) groups is 1. The van der Waals surface area contributed by atoms with Crippen LogP contribution in [0, 0.1) is 5.92 Å². The molecule has 1 atom stereocenters. The van der Waals surface area contributed by atoms with Gasteiger partial charge in [0.1, 0.15) is 12.4 Å². The minimum absolute atomic E-state index is 0.0347. The molecule has 0 spiro atoms. The number of piperidine rings is 1. The molecule has 1 unspecified atom stereocenters. The number of anilines is 1. The first-order valence-corrected chi connectivity index (χ1v) is 12.3. The van der Waals surface area contributed by atoms with Crippen LogP contribution in [0.4, 0.5) is 5.69 Å². The average molecular weight is 475 g/mol. The number of aromatic nitrogens is 2. The van der Waals surface area contributed by atoms with Crippen molar-refractivity contribution < 1.29 is 14.1 Å². The lowest BCUT2D eigenvalue weighted by atomic mass is 9.97. The Bertz CT molecular complexity index is 1190. The highest BCUT2D eigenvalue weighted by atomic mass is 32.1. The van der Waals surface area contributed by atoms with Crippen molar-refractivity contribution in [3.05, 3.63) is 83.6 Å². The fourth-order valence-electron chi connectivity index (χ4n) is 4.05. The molecule has 174 valence electrons. The lowest BCUT2D eigenvalue weighted by Gasteiger charge is -2.30. The lowest BCUT2D eigenvalue weighted by Crippen LogP contribution is -2.40. The number of carbonyl (C=O) groups excluding carboxylic acids is 1. The quantitative estimate of drug-likeness (QED) is 0.377. The highest BCUT2D eigenvalue weighted by Crippen LogP contribution is 2.24. The Labute approximate surface area is 202 Å². The van der Waals surface area contributed by atoms with Gasteiger partial charge in [0, 0.05) is 12.2 Å². The normalized spacial score (nSPS) is 16.3. The van der Waals surface area contributed by atoms with Crippen molar-refractivity contribution in [2.24, 2.45) is 5.92 Å². The van der Waals surface area contributed by atoms with Gasteiger partial charge in [-0.05, 0) is 60.7 Å². The van der Waals surface area contributed by atoms with Gasteiger partial charge in [-0.1, -0.05) is 41.6 Å². The van der Waals surface area contributed by atoms with Gasteiger partial charge in [0.05, 0.1) is 17.3 Å². The van der Waals surface area contributed by atoms with Crippen LogP contribution in [0.2, 0.25) is 0 Å². The number of benzene rings is 2. The standard InChI is InChI=1S/C26H26N4O3S/c31-26(27-21-10-12-22(13-11-21)32-18-19-6-2-1-3-7-19)20-8-4-14-30(16-20)17-24-28-25(29-33-24)23-9-5-15-34-23/h1-3,5-7,9-13,15,20H,4,8,14,16-18H2,(H,27,31). The second kappa shape index (κ2) is 10.6. The van der Waals surface area contributed by atoms with Crippen LogP contribution in [0.5, 0.6) is 5.75 Å². The molecule has 1 aliphatic heterocycles. The summed E-state index contributed by atoms with van der Waals surface area (Å²) in [5, 5.41) is 9.12. The van der Waals surface area contributed by atoms with Gasteiger partial charge in [-0.3, -0.25) is 9.69 Å². The molecule has 3 heterocycles. The SMILES string of the molecule is O=C(Nc1ccc(OCc2ccccc2)cc1)C1CCCN(Cc2nc(-c3cccs3)no2)C1. The number of hydrogen-bond donors (Lipinski definition) is 1. The van der Waals surface area contributed by atoms with Gasteiger partial charge in [0.2, 0.25) is 17.6 Å². The Morgan fingerprint density at radius 2 is 1.97 bits per heavy atom. The number of amides is 1. The molecule has 1 amide bonds. The van der Waals surface area contributed by atoms with Crippen LogP contribution in [0.25, 0.3) is 10.7 Å². The Morgan fingerprint density at radius 1 is 1.12 bits per heavy atom. The van der Waals surface area contributed by atoms with Gasteiger partial charge < -0.3 is 14.6 Å². The molecule has 0 radical (unpaired) electrons. The molecule has 7 nitrogen and oxygen atoms in total. The van der Waals surface area contributed by atoms with E-state index in [1.165, 1.54) is 0 Å². The molecule has 1 saturated heterocycles. The highest BCUT2D eigenvalue weighted by molar-refractivity contribution is 7.13. The van der Waals surface area contributed by atoms with Crippen molar-refractivity contribution in [3.8, 4) is 16.5 Å². The molecule has 0 saturated carbocycles. The Morgan fingerprint density at radius 3 is 2.76 bits per heavy atom. The fraction of sp³-hybridized carbons (Fsp3) is 0.269. The summed E-state index contributed by atoms with van der Waals surface area (Å²) in [6.45, 7) is 2.64. The maximum absolute atomic E-state index is 12.9. The van der Waals surface area contributed by atoms with Crippen molar-refractivity contribution >= 4 is 22.9 Å². The molecular formula is C26H26N4O3S. The van der Waals surface area contributed by atoms with E-state index in [2.05, 4.69) is 20.4 Å². The largest absolute Gasteiger partial charge is 0.489 e. The van der Waals surface area contributed by atoms with Gasteiger partial charge in [0.15, 0.2) is 0 Å². The highest BCUT2D eigenvalue weighted by Gasteiger charge is 2.27. The van der Waals surface area contributed by atoms with E-state index >= 15 is 0 Å². The number of likely N-dealkylation sites (tertiary alicyclic amines) is 1. The van der Waals surface area contributed by atoms with Crippen LogP contribution in [0.3, 0.4) is 0 Å². The monoisotopic (exact) mass is 474 g/mol. The first-order valence-electron chi connectivity index (χ1n) is 11.4. The predicted molar refractivity (Wildman–Crippen MR) is 131 cm³/mol. The van der Waals surface area contributed by atoms with E-state index in [1.54, 1.807) is 11.3 Å². The lowest BCUT2D eigenvalue weighted by molar-refractivity contribution is -0.121. The molecular weight excluding hydrogens is 448 g/mol. The second-order valence-electron chi connectivity index (χ2n) is 8.35. The van der Waals surface area contributed by atoms with Crippen molar-refractivity contribution in [2.75, 3.05) is 18.4 Å². The fourth-order valence-corrected chi connectivity index (χ4v) is 4.70. The Balaban J connectivity index is 1.12. The number of hydrogen-bond acceptors (Lipinski definition) is 7. The summed E-state index contributed by atoms with van der Waals surface area (Å²) in [4.78, 5) is 20.6. The summed E-state index contributed by atoms with van der Waals surface area (Å²) in [5.74, 6) is 1.92. The van der Waals surface area contributed by atoms with Gasteiger partial charge in [-0.15, -0.1) is 11.3 Å². The molecule has 1 N–H and O–H groups in total. The van der Waals surface area contributed by atoms with Crippen molar-refractivity contribution in [1.82, 2.24) is 15.0 Å². The van der Waals surface area contributed by atoms with E-state index in [4.69, 9.17) is 9.26 Å². The smallest absolute Gasteiger partial charge is 0.241 e. The number of ether oxygens (including phenoxy) is 1. The van der Waals surface area contributed by atoms with E-state index in [0.717, 1.165) is 41.3 Å². The van der Waals surface area contributed by atoms with Gasteiger partial charge in [-0.25, -0.2) is 0 Å². The first kappa shape index (κ1) is 22.3. The van der Waals surface area contributed by atoms with Crippen LogP contribution in [0.1, 0.15) is 24.3 Å². The number of rotatable bonds is 8. The van der Waals surface area contributed by atoms with E-state index in [0.29, 0.717) is 31.4 Å². The molecule has 2 aromatic heterocycles. The van der Waals surface area contributed by atoms with Gasteiger partial charge >= 0.3 is 0 Å². The van der Waals surface area contributed by atoms with Crippen molar-refractivity contribution in [3.63, 3.8) is 0 Å². The maximum atomic E-state index is 12.9. The minimum Gasteiger partial charge on any atom is -0.489 e. The van der Waals surface area contributed by atoms with Gasteiger partial charge in [0.25, 0.3) is 0 Å². The van der Waals surface area contributed by atoms with Gasteiger partial charge in [-0.2, -0.15) is 4.98 Å². The zero-order chi connectivity index (χ0) is 23.2. The average Bonchev–Trinajstić information content (AvgIpc) is 3.57. The molecule has 0 bridgehead atoms. The van der Waals surface area contributed by atoms with Crippen LogP contribution in [-0.2, 0) is 17.9 Å². The Hall–Kier alpha value is -3.49. The predicted octanol–water partition coefficient (Wildman–Crippen LogP) is 5.23. The van der Waals surface area contributed by atoms with Crippen LogP contribution in [0.15, 0.2) is 76.6 Å². The number of nitrogens with one attached hydrogen (secondary N) is 1. The summed E-state index contributed by atoms with van der Waals surface area (Å²) in [5.41, 5.74) is 1.89. The zero-order valence-electron chi connectivity index (χ0n) is 18.7. The van der Waals surface area contributed by atoms with E-state index in [1.807, 2.05) is 72.1 Å². The van der Waals surface area contributed by atoms with E-state index in [-0.39, 0.29) is 11.8 Å². The van der Waals surface area contributed by atoms with Crippen LogP contribution in [-0.4, -0.2) is 34.0 Å². The van der Waals surface area contributed by atoms with Crippen molar-refractivity contribution in [2.45, 2.75) is 26.0 Å². The topological polar surface area (TPSA) is 80.5 Å². The molecule has 1 aliphatic rings. The molecule has 1 fully saturated rings. The number of thiophene rings is 1. The minimum atomic E-state index is -0.0811. The summed E-state index contributed by atoms with van der Waals surface area (Å²) >= 11 is 1.58. The summed E-state index contributed by atoms with van der Waals surface area (Å²) in [6, 6.07) is 21.5. The third-order valence-electron chi connectivity index (χ3n) is 5.82. The maximum Gasteiger partial charge on any atom is 0.241 e. The molecule has 34 heavy (non-hydrogen) atoms. The van der Waals surface area contributed by atoms with Crippen molar-refractivity contribution in [1.29, 1.82) is 0 Å². The molecule has 0 aliphatic carbocycles. The second-order valence-corrected chi connectivity index (χ2v) is 9.30. The third kappa shape index (κ3) is 5.70. The summed E-state index contributed by atoms with van der Waals surface area (Å²) < 4.78 is 11.3. The summed E-state index contributed by atoms with van der Waals surface area (Å²) in [6.07, 6.45) is 1.82. The van der Waals surface area contributed by atoms with Crippen LogP contribution < -0.4 is 10.1 Å². The molecule has 5 rings (SSSR count). The van der Waals surface area contributed by atoms with E-state index in [9.17, 15) is 4.79 Å².